The first kappa shape index (κ1) is 15.9. The Morgan fingerprint density at radius 1 is 0.905 bits per heavy atom. The largest absolute Gasteiger partial charge is 0.460 e. The van der Waals surface area contributed by atoms with Crippen molar-refractivity contribution in [1.82, 2.24) is 0 Å². The van der Waals surface area contributed by atoms with Crippen LogP contribution < -0.4 is 4.74 Å². The maximum Gasteiger partial charge on any atom is 0.127 e. The maximum absolute atomic E-state index is 5.90. The summed E-state index contributed by atoms with van der Waals surface area (Å²) in [7, 11) is 0. The monoisotopic (exact) mass is 320 g/mol. The predicted molar refractivity (Wildman–Crippen MR) is 90.9 cm³/mol. The van der Waals surface area contributed by atoms with Gasteiger partial charge in [-0.25, -0.2) is 0 Å². The summed E-state index contributed by atoms with van der Waals surface area (Å²) in [6.07, 6.45) is 0. The molecule has 110 valence electrons. The third kappa shape index (κ3) is 4.26. The van der Waals surface area contributed by atoms with E-state index < -0.39 is 0 Å². The fraction of sp³-hybridized carbons (Fsp3) is 0.222. The van der Waals surface area contributed by atoms with Crippen molar-refractivity contribution in [3.05, 3.63) is 64.8 Å². The van der Waals surface area contributed by atoms with Gasteiger partial charge in [0.2, 0.25) is 0 Å². The van der Waals surface area contributed by atoms with Gasteiger partial charge in [-0.2, -0.15) is 0 Å². The Labute approximate surface area is 136 Å². The molecule has 0 spiro atoms. The second-order valence-corrected chi connectivity index (χ2v) is 6.51. The summed E-state index contributed by atoms with van der Waals surface area (Å²) >= 11 is 11.7. The van der Waals surface area contributed by atoms with Crippen LogP contribution in [0, 0.1) is 5.41 Å². The molecule has 1 nitrogen and oxygen atoms in total. The predicted octanol–water partition coefficient (Wildman–Crippen LogP) is 6.51. The first-order chi connectivity index (χ1) is 9.90. The summed E-state index contributed by atoms with van der Waals surface area (Å²) in [5.74, 6) is 1.51. The molecular formula is C18H18Cl2O. The second-order valence-electron chi connectivity index (χ2n) is 5.86. The molecule has 0 atom stereocenters. The second kappa shape index (κ2) is 6.55. The Kier molecular flexibility index (Phi) is 4.97. The van der Waals surface area contributed by atoms with E-state index in [-0.39, 0.29) is 5.41 Å². The molecule has 2 aromatic rings. The van der Waals surface area contributed by atoms with E-state index >= 15 is 0 Å². The Morgan fingerprint density at radius 2 is 1.38 bits per heavy atom. The van der Waals surface area contributed by atoms with Crippen LogP contribution in [0.5, 0.6) is 5.75 Å². The highest BCUT2D eigenvalue weighted by Crippen LogP contribution is 2.30. The lowest BCUT2D eigenvalue weighted by Crippen LogP contribution is -2.14. The zero-order valence-electron chi connectivity index (χ0n) is 12.4. The smallest absolute Gasteiger partial charge is 0.127 e. The third-order valence-corrected chi connectivity index (χ3v) is 3.55. The van der Waals surface area contributed by atoms with Crippen LogP contribution in [0.15, 0.2) is 59.8 Å². The molecule has 0 bridgehead atoms. The highest BCUT2D eigenvalue weighted by molar-refractivity contribution is 6.30. The first-order valence-electron chi connectivity index (χ1n) is 6.75. The molecule has 0 aliphatic heterocycles. The van der Waals surface area contributed by atoms with Gasteiger partial charge in [-0.15, -0.1) is 0 Å². The Morgan fingerprint density at radius 3 is 1.81 bits per heavy atom. The highest BCUT2D eigenvalue weighted by atomic mass is 35.5. The Hall–Kier alpha value is -1.44. The van der Waals surface area contributed by atoms with Crippen molar-refractivity contribution in [1.29, 1.82) is 0 Å². The number of benzene rings is 2. The van der Waals surface area contributed by atoms with E-state index in [9.17, 15) is 0 Å². The fourth-order valence-corrected chi connectivity index (χ4v) is 2.32. The minimum absolute atomic E-state index is 0.128. The van der Waals surface area contributed by atoms with E-state index in [0.717, 1.165) is 27.7 Å². The van der Waals surface area contributed by atoms with Gasteiger partial charge in [-0.1, -0.05) is 68.2 Å². The SMILES string of the molecule is CC(C)(C)/C(=C/Cl)Oc1ccc(-c2ccc(Cl)cc2)cc1. The van der Waals surface area contributed by atoms with Gasteiger partial charge in [0, 0.05) is 16.0 Å². The zero-order valence-corrected chi connectivity index (χ0v) is 13.9. The molecular weight excluding hydrogens is 303 g/mol. The molecule has 0 aliphatic rings. The van der Waals surface area contributed by atoms with E-state index in [0.29, 0.717) is 0 Å². The van der Waals surface area contributed by atoms with Crippen LogP contribution in [-0.2, 0) is 0 Å². The van der Waals surface area contributed by atoms with Crippen molar-refractivity contribution in [3.8, 4) is 16.9 Å². The summed E-state index contributed by atoms with van der Waals surface area (Å²) in [6.45, 7) is 6.18. The van der Waals surface area contributed by atoms with Crippen molar-refractivity contribution >= 4 is 23.2 Å². The van der Waals surface area contributed by atoms with Crippen LogP contribution in [-0.4, -0.2) is 0 Å². The number of halogens is 2. The van der Waals surface area contributed by atoms with Crippen molar-refractivity contribution in [2.24, 2.45) is 5.41 Å². The van der Waals surface area contributed by atoms with E-state index in [2.05, 4.69) is 20.8 Å². The van der Waals surface area contributed by atoms with Crippen LogP contribution in [0.4, 0.5) is 0 Å². The molecule has 0 saturated carbocycles. The molecule has 0 unspecified atom stereocenters. The van der Waals surface area contributed by atoms with Crippen LogP contribution in [0.1, 0.15) is 20.8 Å². The van der Waals surface area contributed by atoms with Gasteiger partial charge < -0.3 is 4.74 Å². The topological polar surface area (TPSA) is 9.23 Å². The normalized spacial score (nSPS) is 12.3. The van der Waals surface area contributed by atoms with Crippen LogP contribution in [0.25, 0.3) is 11.1 Å². The molecule has 0 radical (unpaired) electrons. The number of allylic oxidation sites excluding steroid dienone is 1. The quantitative estimate of drug-likeness (QED) is 0.585. The summed E-state index contributed by atoms with van der Waals surface area (Å²) in [5.41, 5.74) is 3.60. The Balaban J connectivity index is 2.18. The minimum Gasteiger partial charge on any atom is -0.460 e. The van der Waals surface area contributed by atoms with Gasteiger partial charge in [0.05, 0.1) is 0 Å². The molecule has 0 aromatic heterocycles. The van der Waals surface area contributed by atoms with Crippen LogP contribution >= 0.6 is 23.2 Å². The van der Waals surface area contributed by atoms with Crippen LogP contribution in [0.2, 0.25) is 5.02 Å². The number of hydrogen-bond acceptors (Lipinski definition) is 1. The molecule has 3 heteroatoms. The first-order valence-corrected chi connectivity index (χ1v) is 7.56. The molecule has 0 heterocycles. The van der Waals surface area contributed by atoms with Gasteiger partial charge >= 0.3 is 0 Å². The average Bonchev–Trinajstić information content (AvgIpc) is 2.45. The lowest BCUT2D eigenvalue weighted by atomic mass is 9.95. The summed E-state index contributed by atoms with van der Waals surface area (Å²) in [4.78, 5) is 0. The summed E-state index contributed by atoms with van der Waals surface area (Å²) < 4.78 is 5.85. The minimum atomic E-state index is -0.128. The van der Waals surface area contributed by atoms with E-state index in [1.54, 1.807) is 0 Å². The van der Waals surface area contributed by atoms with Crippen molar-refractivity contribution in [2.45, 2.75) is 20.8 Å². The zero-order chi connectivity index (χ0) is 15.5. The lowest BCUT2D eigenvalue weighted by molar-refractivity contribution is 0.295. The van der Waals surface area contributed by atoms with Crippen molar-refractivity contribution < 1.29 is 4.74 Å². The van der Waals surface area contributed by atoms with Crippen molar-refractivity contribution in [2.75, 3.05) is 0 Å². The molecule has 21 heavy (non-hydrogen) atoms. The standard InChI is InChI=1S/C18H18Cl2O/c1-18(2,3)17(12-19)21-16-10-6-14(7-11-16)13-4-8-15(20)9-5-13/h4-12H,1-3H3/b17-12-. The fourth-order valence-electron chi connectivity index (χ4n) is 1.82. The van der Waals surface area contributed by atoms with E-state index in [1.165, 1.54) is 5.54 Å². The Bertz CT molecular complexity index is 620. The van der Waals surface area contributed by atoms with Crippen molar-refractivity contribution in [3.63, 3.8) is 0 Å². The molecule has 2 rings (SSSR count). The maximum atomic E-state index is 5.90. The molecule has 0 N–H and O–H groups in total. The van der Waals surface area contributed by atoms with Gasteiger partial charge in [0.25, 0.3) is 0 Å². The molecule has 2 aromatic carbocycles. The molecule has 0 amide bonds. The molecule has 0 fully saturated rings. The molecule has 0 aliphatic carbocycles. The highest BCUT2D eigenvalue weighted by Gasteiger charge is 2.19. The van der Waals surface area contributed by atoms with Gasteiger partial charge in [-0.05, 0) is 35.4 Å². The van der Waals surface area contributed by atoms with Crippen LogP contribution in [0.3, 0.4) is 0 Å². The third-order valence-electron chi connectivity index (χ3n) is 3.10. The summed E-state index contributed by atoms with van der Waals surface area (Å²) in [6, 6.07) is 15.7. The lowest BCUT2D eigenvalue weighted by Gasteiger charge is -2.22. The number of hydrogen-bond donors (Lipinski definition) is 0. The van der Waals surface area contributed by atoms with Gasteiger partial charge in [0.15, 0.2) is 0 Å². The summed E-state index contributed by atoms with van der Waals surface area (Å²) in [5, 5.41) is 0.737. The van der Waals surface area contributed by atoms with Gasteiger partial charge in [-0.3, -0.25) is 0 Å². The number of ether oxygens (including phenoxy) is 1. The van der Waals surface area contributed by atoms with E-state index in [4.69, 9.17) is 27.9 Å². The van der Waals surface area contributed by atoms with Gasteiger partial charge in [0.1, 0.15) is 11.5 Å². The number of rotatable bonds is 3. The average molecular weight is 321 g/mol. The molecule has 0 saturated heterocycles. The van der Waals surface area contributed by atoms with E-state index in [1.807, 2.05) is 48.5 Å².